The summed E-state index contributed by atoms with van der Waals surface area (Å²) >= 11 is 3.11. The van der Waals surface area contributed by atoms with Crippen molar-refractivity contribution in [2.45, 2.75) is 17.8 Å². The van der Waals surface area contributed by atoms with Crippen LogP contribution < -0.4 is 11.1 Å². The minimum Gasteiger partial charge on any atom is -0.370 e. The Morgan fingerprint density at radius 2 is 2.38 bits per heavy atom. The van der Waals surface area contributed by atoms with E-state index in [0.29, 0.717) is 19.0 Å². The lowest BCUT2D eigenvalue weighted by Crippen LogP contribution is -2.32. The maximum absolute atomic E-state index is 5.66. The van der Waals surface area contributed by atoms with Gasteiger partial charge in [0, 0.05) is 6.54 Å². The molecule has 0 aliphatic rings. The van der Waals surface area contributed by atoms with Crippen molar-refractivity contribution in [2.75, 3.05) is 12.8 Å². The zero-order valence-corrected chi connectivity index (χ0v) is 11.0. The van der Waals surface area contributed by atoms with E-state index in [1.54, 1.807) is 11.8 Å². The predicted molar refractivity (Wildman–Crippen MR) is 69.8 cm³/mol. The summed E-state index contributed by atoms with van der Waals surface area (Å²) in [5.41, 5.74) is 6.67. The SMILES string of the molecule is C=C(C)CNC(N)=NCc1nnc(SC)s1. The standard InChI is InChI=1S/C9H15N5S2/c1-6(2)4-11-8(10)12-5-7-13-14-9(15-3)16-7/h1,4-5H2,2-3H3,(H3,10,11,12). The molecule has 1 aromatic heterocycles. The van der Waals surface area contributed by atoms with Crippen LogP contribution in [0.15, 0.2) is 21.5 Å². The lowest BCUT2D eigenvalue weighted by atomic mass is 10.3. The first-order chi connectivity index (χ1) is 7.61. The summed E-state index contributed by atoms with van der Waals surface area (Å²) in [7, 11) is 0. The first-order valence-corrected chi connectivity index (χ1v) is 6.70. The Morgan fingerprint density at radius 3 is 2.94 bits per heavy atom. The number of aromatic nitrogens is 2. The maximum atomic E-state index is 5.66. The van der Waals surface area contributed by atoms with Gasteiger partial charge >= 0.3 is 0 Å². The molecular formula is C9H15N5S2. The van der Waals surface area contributed by atoms with E-state index in [1.807, 2.05) is 13.2 Å². The summed E-state index contributed by atoms with van der Waals surface area (Å²) < 4.78 is 0.943. The molecule has 0 aliphatic carbocycles. The molecule has 0 unspecified atom stereocenters. The summed E-state index contributed by atoms with van der Waals surface area (Å²) in [4.78, 5) is 4.15. The molecule has 0 aromatic carbocycles. The Balaban J connectivity index is 2.42. The average Bonchev–Trinajstić information content (AvgIpc) is 2.71. The number of nitrogens with one attached hydrogen (secondary N) is 1. The van der Waals surface area contributed by atoms with Crippen molar-refractivity contribution in [3.05, 3.63) is 17.2 Å². The quantitative estimate of drug-likeness (QED) is 0.359. The Kier molecular flexibility index (Phi) is 5.27. The van der Waals surface area contributed by atoms with Crippen molar-refractivity contribution < 1.29 is 0 Å². The molecule has 1 heterocycles. The second kappa shape index (κ2) is 6.49. The highest BCUT2D eigenvalue weighted by Crippen LogP contribution is 2.19. The van der Waals surface area contributed by atoms with Gasteiger partial charge in [0.1, 0.15) is 5.01 Å². The molecule has 5 nitrogen and oxygen atoms in total. The predicted octanol–water partition coefficient (Wildman–Crippen LogP) is 1.24. The van der Waals surface area contributed by atoms with Gasteiger partial charge in [-0.05, 0) is 13.2 Å². The number of guanidine groups is 1. The molecule has 0 aliphatic heterocycles. The maximum Gasteiger partial charge on any atom is 0.189 e. The molecular weight excluding hydrogens is 242 g/mol. The molecule has 0 saturated carbocycles. The largest absolute Gasteiger partial charge is 0.370 e. The fourth-order valence-corrected chi connectivity index (χ4v) is 2.07. The van der Waals surface area contributed by atoms with E-state index >= 15 is 0 Å². The molecule has 0 fully saturated rings. The van der Waals surface area contributed by atoms with Crippen LogP contribution in [0.5, 0.6) is 0 Å². The van der Waals surface area contributed by atoms with Gasteiger partial charge in [0.2, 0.25) is 0 Å². The molecule has 7 heteroatoms. The van der Waals surface area contributed by atoms with Crippen molar-refractivity contribution >= 4 is 29.1 Å². The molecule has 1 aromatic rings. The van der Waals surface area contributed by atoms with Gasteiger partial charge in [0.05, 0.1) is 6.54 Å². The highest BCUT2D eigenvalue weighted by molar-refractivity contribution is 8.00. The normalized spacial score (nSPS) is 11.5. The van der Waals surface area contributed by atoms with Crippen LogP contribution in [0.2, 0.25) is 0 Å². The minimum atomic E-state index is 0.406. The van der Waals surface area contributed by atoms with Crippen LogP contribution in [0.4, 0.5) is 0 Å². The molecule has 0 amide bonds. The molecule has 16 heavy (non-hydrogen) atoms. The number of nitrogens with zero attached hydrogens (tertiary/aromatic N) is 3. The number of hydrogen-bond acceptors (Lipinski definition) is 5. The van der Waals surface area contributed by atoms with E-state index < -0.39 is 0 Å². The van der Waals surface area contributed by atoms with E-state index in [0.717, 1.165) is 14.9 Å². The van der Waals surface area contributed by atoms with E-state index in [4.69, 9.17) is 5.73 Å². The zero-order chi connectivity index (χ0) is 12.0. The van der Waals surface area contributed by atoms with Gasteiger partial charge in [-0.1, -0.05) is 35.3 Å². The zero-order valence-electron chi connectivity index (χ0n) is 9.36. The lowest BCUT2D eigenvalue weighted by Gasteiger charge is -2.03. The van der Waals surface area contributed by atoms with Gasteiger partial charge in [-0.15, -0.1) is 10.2 Å². The van der Waals surface area contributed by atoms with Gasteiger partial charge in [-0.25, -0.2) is 4.99 Å². The van der Waals surface area contributed by atoms with E-state index in [1.165, 1.54) is 11.3 Å². The monoisotopic (exact) mass is 257 g/mol. The summed E-state index contributed by atoms with van der Waals surface area (Å²) in [5, 5.41) is 11.8. The Hall–Kier alpha value is -1.08. The first-order valence-electron chi connectivity index (χ1n) is 4.66. The van der Waals surface area contributed by atoms with Gasteiger partial charge < -0.3 is 11.1 Å². The van der Waals surface area contributed by atoms with Crippen LogP contribution in [0.25, 0.3) is 0 Å². The van der Waals surface area contributed by atoms with Crippen LogP contribution >= 0.6 is 23.1 Å². The molecule has 0 radical (unpaired) electrons. The van der Waals surface area contributed by atoms with Crippen LogP contribution in [0, 0.1) is 0 Å². The summed E-state index contributed by atoms with van der Waals surface area (Å²) in [6, 6.07) is 0. The van der Waals surface area contributed by atoms with Crippen LogP contribution in [-0.4, -0.2) is 29.0 Å². The number of rotatable bonds is 5. The molecule has 0 atom stereocenters. The Morgan fingerprint density at radius 1 is 1.62 bits per heavy atom. The highest BCUT2D eigenvalue weighted by Gasteiger charge is 2.01. The second-order valence-electron chi connectivity index (χ2n) is 3.18. The molecule has 88 valence electrons. The third-order valence-electron chi connectivity index (χ3n) is 1.58. The van der Waals surface area contributed by atoms with Gasteiger partial charge in [0.25, 0.3) is 0 Å². The van der Waals surface area contributed by atoms with Gasteiger partial charge in [-0.3, -0.25) is 0 Å². The summed E-state index contributed by atoms with van der Waals surface area (Å²) in [6.07, 6.45) is 1.97. The second-order valence-corrected chi connectivity index (χ2v) is 5.29. The molecule has 0 bridgehead atoms. The molecule has 0 spiro atoms. The van der Waals surface area contributed by atoms with Gasteiger partial charge in [0.15, 0.2) is 10.3 Å². The van der Waals surface area contributed by atoms with E-state index in [9.17, 15) is 0 Å². The van der Waals surface area contributed by atoms with Crippen LogP contribution in [0.3, 0.4) is 0 Å². The minimum absolute atomic E-state index is 0.406. The Labute approximate surface area is 103 Å². The average molecular weight is 257 g/mol. The van der Waals surface area contributed by atoms with Crippen molar-refractivity contribution in [3.8, 4) is 0 Å². The lowest BCUT2D eigenvalue weighted by molar-refractivity contribution is 0.902. The van der Waals surface area contributed by atoms with E-state index in [2.05, 4.69) is 27.1 Å². The third kappa shape index (κ3) is 4.63. The highest BCUT2D eigenvalue weighted by atomic mass is 32.2. The fourth-order valence-electron chi connectivity index (χ4n) is 0.835. The summed E-state index contributed by atoms with van der Waals surface area (Å²) in [5.74, 6) is 0.406. The molecule has 1 rings (SSSR count). The molecule has 3 N–H and O–H groups in total. The van der Waals surface area contributed by atoms with Crippen molar-refractivity contribution in [1.82, 2.24) is 15.5 Å². The number of hydrogen-bond donors (Lipinski definition) is 2. The number of nitrogens with two attached hydrogens (primary N) is 1. The van der Waals surface area contributed by atoms with Crippen molar-refractivity contribution in [1.29, 1.82) is 0 Å². The van der Waals surface area contributed by atoms with Crippen LogP contribution in [-0.2, 0) is 6.54 Å². The topological polar surface area (TPSA) is 76.2 Å². The third-order valence-corrected chi connectivity index (χ3v) is 3.46. The first kappa shape index (κ1) is 13.0. The summed E-state index contributed by atoms with van der Waals surface area (Å²) in [6.45, 7) is 6.80. The Bertz CT molecular complexity index is 385. The number of thioether (sulfide) groups is 1. The fraction of sp³-hybridized carbons (Fsp3) is 0.444. The van der Waals surface area contributed by atoms with Crippen LogP contribution in [0.1, 0.15) is 11.9 Å². The van der Waals surface area contributed by atoms with Crippen molar-refractivity contribution in [3.63, 3.8) is 0 Å². The number of aliphatic imine (C=N–C) groups is 1. The van der Waals surface area contributed by atoms with E-state index in [-0.39, 0.29) is 0 Å². The van der Waals surface area contributed by atoms with Gasteiger partial charge in [-0.2, -0.15) is 0 Å². The van der Waals surface area contributed by atoms with Crippen molar-refractivity contribution in [2.24, 2.45) is 10.7 Å². The smallest absolute Gasteiger partial charge is 0.189 e. The molecule has 0 saturated heterocycles.